The second kappa shape index (κ2) is 5.87. The Hall–Kier alpha value is -0.160. The van der Waals surface area contributed by atoms with E-state index in [2.05, 4.69) is 20.8 Å². The van der Waals surface area contributed by atoms with Crippen molar-refractivity contribution < 1.29 is 14.2 Å². The van der Waals surface area contributed by atoms with E-state index in [1.165, 1.54) is 0 Å². The van der Waals surface area contributed by atoms with E-state index in [4.69, 9.17) is 19.9 Å². The summed E-state index contributed by atoms with van der Waals surface area (Å²) in [4.78, 5) is 0. The van der Waals surface area contributed by atoms with Crippen LogP contribution in [0.1, 0.15) is 54.4 Å². The minimum Gasteiger partial charge on any atom is -0.373 e. The molecule has 0 aromatic carbocycles. The second-order valence-corrected chi connectivity index (χ2v) is 6.98. The Morgan fingerprint density at radius 3 is 2.17 bits per heavy atom. The highest BCUT2D eigenvalue weighted by atomic mass is 16.6. The van der Waals surface area contributed by atoms with E-state index in [9.17, 15) is 0 Å². The van der Waals surface area contributed by atoms with Crippen molar-refractivity contribution in [3.05, 3.63) is 0 Å². The molecule has 2 N–H and O–H groups in total. The molecule has 0 aromatic rings. The summed E-state index contributed by atoms with van der Waals surface area (Å²) in [6.45, 7) is 12.8. The first-order valence-corrected chi connectivity index (χ1v) is 6.80. The van der Waals surface area contributed by atoms with Crippen LogP contribution in [0.2, 0.25) is 0 Å². The normalized spacial score (nSPS) is 30.5. The molecule has 108 valence electrons. The molecular formula is C14H29NO3. The monoisotopic (exact) mass is 259 g/mol. The zero-order valence-corrected chi connectivity index (χ0v) is 12.7. The van der Waals surface area contributed by atoms with E-state index in [0.717, 1.165) is 12.8 Å². The molecule has 0 aromatic heterocycles. The standard InChI is InChI=1S/C14H29NO3/c1-13(2,3)16-9-11-10(18-14(4,5)6)7-8-12(15)17-11/h10-12H,7-9,15H2,1-6H3. The van der Waals surface area contributed by atoms with Crippen molar-refractivity contribution >= 4 is 0 Å². The van der Waals surface area contributed by atoms with Gasteiger partial charge in [-0.1, -0.05) is 0 Å². The lowest BCUT2D eigenvalue weighted by Crippen LogP contribution is -2.49. The molecule has 1 heterocycles. The zero-order chi connectivity index (χ0) is 14.0. The van der Waals surface area contributed by atoms with E-state index >= 15 is 0 Å². The highest BCUT2D eigenvalue weighted by Crippen LogP contribution is 2.25. The van der Waals surface area contributed by atoms with E-state index in [-0.39, 0.29) is 29.6 Å². The van der Waals surface area contributed by atoms with Crippen LogP contribution in [-0.4, -0.2) is 36.2 Å². The molecule has 4 heteroatoms. The number of hydrogen-bond acceptors (Lipinski definition) is 4. The van der Waals surface area contributed by atoms with Crippen molar-refractivity contribution in [1.82, 2.24) is 0 Å². The molecular weight excluding hydrogens is 230 g/mol. The molecule has 18 heavy (non-hydrogen) atoms. The highest BCUT2D eigenvalue weighted by molar-refractivity contribution is 4.81. The minimum atomic E-state index is -0.196. The molecule has 1 rings (SSSR count). The van der Waals surface area contributed by atoms with Gasteiger partial charge in [-0.05, 0) is 54.4 Å². The fourth-order valence-corrected chi connectivity index (χ4v) is 1.96. The molecule has 4 nitrogen and oxygen atoms in total. The quantitative estimate of drug-likeness (QED) is 0.846. The molecule has 1 aliphatic rings. The van der Waals surface area contributed by atoms with Crippen molar-refractivity contribution in [2.45, 2.75) is 84.0 Å². The lowest BCUT2D eigenvalue weighted by atomic mass is 10.0. The van der Waals surface area contributed by atoms with E-state index in [1.54, 1.807) is 0 Å². The maximum Gasteiger partial charge on any atom is 0.109 e. The lowest BCUT2D eigenvalue weighted by molar-refractivity contribution is -0.199. The Bertz CT molecular complexity index is 255. The van der Waals surface area contributed by atoms with Crippen molar-refractivity contribution in [1.29, 1.82) is 0 Å². The van der Waals surface area contributed by atoms with Gasteiger partial charge in [0.2, 0.25) is 0 Å². The molecule has 0 radical (unpaired) electrons. The molecule has 1 fully saturated rings. The van der Waals surface area contributed by atoms with Crippen LogP contribution in [0.5, 0.6) is 0 Å². The van der Waals surface area contributed by atoms with Crippen molar-refractivity contribution in [2.75, 3.05) is 6.61 Å². The number of rotatable bonds is 3. The molecule has 0 amide bonds. The molecule has 3 unspecified atom stereocenters. The van der Waals surface area contributed by atoms with Gasteiger partial charge in [0.15, 0.2) is 0 Å². The summed E-state index contributed by atoms with van der Waals surface area (Å²) in [5.41, 5.74) is 5.52. The summed E-state index contributed by atoms with van der Waals surface area (Å²) >= 11 is 0. The molecule has 3 atom stereocenters. The average Bonchev–Trinajstić information content (AvgIpc) is 2.15. The van der Waals surface area contributed by atoms with Gasteiger partial charge in [-0.2, -0.15) is 0 Å². The molecule has 1 saturated heterocycles. The maximum absolute atomic E-state index is 6.04. The van der Waals surface area contributed by atoms with Crippen LogP contribution in [0, 0.1) is 0 Å². The molecule has 0 spiro atoms. The Labute approximate surface area is 111 Å². The average molecular weight is 259 g/mol. The van der Waals surface area contributed by atoms with Crippen LogP contribution < -0.4 is 5.73 Å². The Morgan fingerprint density at radius 1 is 1.06 bits per heavy atom. The summed E-state index contributed by atoms with van der Waals surface area (Å²) in [5, 5.41) is 0. The predicted molar refractivity (Wildman–Crippen MR) is 72.4 cm³/mol. The second-order valence-electron chi connectivity index (χ2n) is 6.98. The number of hydrogen-bond donors (Lipinski definition) is 1. The maximum atomic E-state index is 6.04. The third kappa shape index (κ3) is 6.14. The summed E-state index contributed by atoms with van der Waals surface area (Å²) in [6.07, 6.45) is 1.56. The van der Waals surface area contributed by atoms with E-state index in [1.807, 2.05) is 20.8 Å². The third-order valence-corrected chi connectivity index (χ3v) is 2.69. The topological polar surface area (TPSA) is 53.7 Å². The summed E-state index contributed by atoms with van der Waals surface area (Å²) < 4.78 is 17.6. The largest absolute Gasteiger partial charge is 0.373 e. The Kier molecular flexibility index (Phi) is 5.18. The van der Waals surface area contributed by atoms with Gasteiger partial charge in [-0.3, -0.25) is 0 Å². The van der Waals surface area contributed by atoms with Crippen molar-refractivity contribution in [3.63, 3.8) is 0 Å². The first-order chi connectivity index (χ1) is 8.07. The van der Waals surface area contributed by atoms with Gasteiger partial charge in [0, 0.05) is 0 Å². The molecule has 0 aliphatic carbocycles. The van der Waals surface area contributed by atoms with Gasteiger partial charge in [0.1, 0.15) is 12.3 Å². The first kappa shape index (κ1) is 15.9. The van der Waals surface area contributed by atoms with Crippen molar-refractivity contribution in [2.24, 2.45) is 5.73 Å². The lowest BCUT2D eigenvalue weighted by Gasteiger charge is -2.39. The fourth-order valence-electron chi connectivity index (χ4n) is 1.96. The van der Waals surface area contributed by atoms with Gasteiger partial charge in [-0.15, -0.1) is 0 Å². The van der Waals surface area contributed by atoms with Gasteiger partial charge >= 0.3 is 0 Å². The van der Waals surface area contributed by atoms with E-state index < -0.39 is 0 Å². The Balaban J connectivity index is 2.57. The predicted octanol–water partition coefficient (Wildman–Crippen LogP) is 2.45. The fraction of sp³-hybridized carbons (Fsp3) is 1.00. The summed E-state index contributed by atoms with van der Waals surface area (Å²) in [5.74, 6) is 0. The van der Waals surface area contributed by atoms with Crippen LogP contribution in [-0.2, 0) is 14.2 Å². The van der Waals surface area contributed by atoms with Gasteiger partial charge in [-0.25, -0.2) is 0 Å². The van der Waals surface area contributed by atoms with Crippen LogP contribution in [0.15, 0.2) is 0 Å². The van der Waals surface area contributed by atoms with E-state index in [0.29, 0.717) is 6.61 Å². The van der Waals surface area contributed by atoms with Crippen molar-refractivity contribution in [3.8, 4) is 0 Å². The molecule has 1 aliphatic heterocycles. The van der Waals surface area contributed by atoms with Gasteiger partial charge in [0.25, 0.3) is 0 Å². The third-order valence-electron chi connectivity index (χ3n) is 2.69. The SMILES string of the molecule is CC(C)(C)OCC1OC(N)CCC1OC(C)(C)C. The first-order valence-electron chi connectivity index (χ1n) is 6.80. The zero-order valence-electron chi connectivity index (χ0n) is 12.7. The van der Waals surface area contributed by atoms with Gasteiger partial charge < -0.3 is 19.9 Å². The van der Waals surface area contributed by atoms with Crippen LogP contribution in [0.4, 0.5) is 0 Å². The van der Waals surface area contributed by atoms with Crippen LogP contribution in [0.25, 0.3) is 0 Å². The molecule has 0 saturated carbocycles. The smallest absolute Gasteiger partial charge is 0.109 e. The number of nitrogens with two attached hydrogens (primary N) is 1. The number of ether oxygens (including phenoxy) is 3. The summed E-state index contributed by atoms with van der Waals surface area (Å²) in [7, 11) is 0. The van der Waals surface area contributed by atoms with Crippen LogP contribution >= 0.6 is 0 Å². The minimum absolute atomic E-state index is 0.0622. The van der Waals surface area contributed by atoms with Gasteiger partial charge in [0.05, 0.1) is 23.9 Å². The summed E-state index contributed by atoms with van der Waals surface area (Å²) in [6, 6.07) is 0. The highest BCUT2D eigenvalue weighted by Gasteiger charge is 2.34. The van der Waals surface area contributed by atoms with Crippen LogP contribution in [0.3, 0.4) is 0 Å². The molecule has 0 bridgehead atoms. The Morgan fingerprint density at radius 2 is 1.67 bits per heavy atom.